The molecule has 11 heteroatoms. The number of hydrogen-bond donors (Lipinski definition) is 1. The number of piperazine rings is 1. The lowest BCUT2D eigenvalue weighted by Gasteiger charge is -2.32. The first-order chi connectivity index (χ1) is 16.9. The van der Waals surface area contributed by atoms with E-state index in [1.54, 1.807) is 37.7 Å². The molecule has 9 nitrogen and oxygen atoms in total. The Morgan fingerprint density at radius 1 is 1.09 bits per heavy atom. The van der Waals surface area contributed by atoms with E-state index in [0.29, 0.717) is 43.1 Å². The molecule has 1 amide bonds. The summed E-state index contributed by atoms with van der Waals surface area (Å²) in [5.74, 6) is 1.09. The zero-order chi connectivity index (χ0) is 24.5. The van der Waals surface area contributed by atoms with Crippen molar-refractivity contribution in [2.24, 2.45) is 0 Å². The predicted molar refractivity (Wildman–Crippen MR) is 139 cm³/mol. The number of nitrogens with zero attached hydrogens (tertiary/aromatic N) is 6. The summed E-state index contributed by atoms with van der Waals surface area (Å²) in [6.45, 7) is 5.62. The minimum atomic E-state index is -0.340. The van der Waals surface area contributed by atoms with Crippen molar-refractivity contribution in [2.45, 2.75) is 6.92 Å². The fourth-order valence-corrected chi connectivity index (χ4v) is 4.93. The van der Waals surface area contributed by atoms with E-state index in [2.05, 4.69) is 37.1 Å². The maximum Gasteiger partial charge on any atom is 0.259 e. The number of thiazole rings is 1. The van der Waals surface area contributed by atoms with Crippen molar-refractivity contribution >= 4 is 50.3 Å². The van der Waals surface area contributed by atoms with Crippen molar-refractivity contribution in [3.8, 4) is 16.9 Å². The largest absolute Gasteiger partial charge is 0.496 e. The maximum atomic E-state index is 13.3. The molecule has 0 spiro atoms. The fraction of sp³-hybridized carbons (Fsp3) is 0.292. The third-order valence-electron chi connectivity index (χ3n) is 5.90. The van der Waals surface area contributed by atoms with Crippen LogP contribution in [0.4, 0.5) is 10.9 Å². The van der Waals surface area contributed by atoms with E-state index in [1.807, 2.05) is 13.0 Å². The summed E-state index contributed by atoms with van der Waals surface area (Å²) in [5, 5.41) is 3.85. The highest BCUT2D eigenvalue weighted by Crippen LogP contribution is 2.35. The van der Waals surface area contributed by atoms with Gasteiger partial charge in [-0.2, -0.15) is 4.98 Å². The van der Waals surface area contributed by atoms with E-state index in [0.717, 1.165) is 37.7 Å². The molecule has 0 saturated carbocycles. The van der Waals surface area contributed by atoms with Crippen LogP contribution in [0, 0.1) is 6.92 Å². The number of pyridine rings is 1. The molecule has 3 aromatic heterocycles. The maximum absolute atomic E-state index is 13.3. The molecule has 1 saturated heterocycles. The lowest BCUT2D eigenvalue weighted by Crippen LogP contribution is -2.44. The topological polar surface area (TPSA) is 96.4 Å². The van der Waals surface area contributed by atoms with Crippen molar-refractivity contribution in [2.75, 3.05) is 50.6 Å². The van der Waals surface area contributed by atoms with Crippen LogP contribution in [0.1, 0.15) is 16.1 Å². The Morgan fingerprint density at radius 3 is 2.66 bits per heavy atom. The van der Waals surface area contributed by atoms with Crippen LogP contribution in [0.2, 0.25) is 5.02 Å². The Hall–Kier alpha value is -3.34. The normalized spacial score (nSPS) is 14.3. The Kier molecular flexibility index (Phi) is 6.50. The zero-order valence-electron chi connectivity index (χ0n) is 19.6. The smallest absolute Gasteiger partial charge is 0.259 e. The van der Waals surface area contributed by atoms with Crippen LogP contribution in [-0.4, -0.2) is 71.1 Å². The fourth-order valence-electron chi connectivity index (χ4n) is 3.97. The van der Waals surface area contributed by atoms with E-state index < -0.39 is 0 Å². The average Bonchev–Trinajstić information content (AvgIpc) is 3.25. The van der Waals surface area contributed by atoms with Crippen LogP contribution in [0.15, 0.2) is 36.7 Å². The quantitative estimate of drug-likeness (QED) is 0.429. The van der Waals surface area contributed by atoms with Crippen molar-refractivity contribution < 1.29 is 9.53 Å². The lowest BCUT2D eigenvalue weighted by molar-refractivity contribution is 0.102. The summed E-state index contributed by atoms with van der Waals surface area (Å²) < 4.78 is 5.51. The molecule has 35 heavy (non-hydrogen) atoms. The number of benzene rings is 1. The van der Waals surface area contributed by atoms with E-state index in [-0.39, 0.29) is 5.91 Å². The predicted octanol–water partition coefficient (Wildman–Crippen LogP) is 4.12. The number of amides is 1. The highest BCUT2D eigenvalue weighted by molar-refractivity contribution is 7.21. The molecule has 0 unspecified atom stereocenters. The molecule has 4 aromatic rings. The Bertz CT molecular complexity index is 1400. The minimum Gasteiger partial charge on any atom is -0.496 e. The molecule has 4 heterocycles. The third-order valence-corrected chi connectivity index (χ3v) is 6.98. The van der Waals surface area contributed by atoms with E-state index in [9.17, 15) is 4.79 Å². The first-order valence-corrected chi connectivity index (χ1v) is 12.3. The van der Waals surface area contributed by atoms with Gasteiger partial charge in [0, 0.05) is 54.2 Å². The summed E-state index contributed by atoms with van der Waals surface area (Å²) in [4.78, 5) is 36.5. The van der Waals surface area contributed by atoms with Gasteiger partial charge in [0.15, 0.2) is 15.6 Å². The van der Waals surface area contributed by atoms with Crippen LogP contribution in [0.25, 0.3) is 21.6 Å². The molecule has 0 bridgehead atoms. The summed E-state index contributed by atoms with van der Waals surface area (Å²) in [6.07, 6.45) is 3.29. The van der Waals surface area contributed by atoms with Gasteiger partial charge in [-0.25, -0.2) is 9.97 Å². The van der Waals surface area contributed by atoms with Gasteiger partial charge in [-0.1, -0.05) is 22.9 Å². The standard InChI is InChI=1S/C24H24ClN7O2S/c1-14-10-16(17-11-15(25)4-5-19(17)34-3)18(12-26-14)22(33)30-24-29-21-23(35-24)28-20(13-27-21)32-8-6-31(2)7-9-32/h4-5,10-13H,6-9H2,1-3H3,(H,27,29,30,33). The monoisotopic (exact) mass is 509 g/mol. The number of methoxy groups -OCH3 is 1. The second-order valence-electron chi connectivity index (χ2n) is 8.34. The second kappa shape index (κ2) is 9.73. The number of fused-ring (bicyclic) bond motifs is 1. The first-order valence-electron chi connectivity index (χ1n) is 11.1. The van der Waals surface area contributed by atoms with Gasteiger partial charge in [-0.15, -0.1) is 0 Å². The van der Waals surface area contributed by atoms with Gasteiger partial charge in [-0.05, 0) is 38.2 Å². The molecule has 1 aliphatic rings. The van der Waals surface area contributed by atoms with Crippen LogP contribution in [0.3, 0.4) is 0 Å². The third kappa shape index (κ3) is 4.90. The molecule has 5 rings (SSSR count). The van der Waals surface area contributed by atoms with Crippen LogP contribution < -0.4 is 15.0 Å². The number of halogens is 1. The van der Waals surface area contributed by atoms with Gasteiger partial charge in [0.1, 0.15) is 11.6 Å². The molecule has 1 aliphatic heterocycles. The SMILES string of the molecule is COc1ccc(Cl)cc1-c1cc(C)ncc1C(=O)Nc1nc2ncc(N3CCN(C)CC3)nc2s1. The summed E-state index contributed by atoms with van der Waals surface area (Å²) >= 11 is 7.54. The summed E-state index contributed by atoms with van der Waals surface area (Å²) in [7, 11) is 3.69. The molecule has 1 N–H and O–H groups in total. The molecular weight excluding hydrogens is 486 g/mol. The summed E-state index contributed by atoms with van der Waals surface area (Å²) in [5.41, 5.74) is 3.03. The number of hydrogen-bond acceptors (Lipinski definition) is 9. The number of anilines is 2. The van der Waals surface area contributed by atoms with Gasteiger partial charge in [0.25, 0.3) is 5.91 Å². The molecule has 0 aliphatic carbocycles. The number of carbonyl (C=O) groups excluding carboxylic acids is 1. The number of aryl methyl sites for hydroxylation is 1. The summed E-state index contributed by atoms with van der Waals surface area (Å²) in [6, 6.07) is 7.14. The minimum absolute atomic E-state index is 0.340. The van der Waals surface area contributed by atoms with Crippen molar-refractivity contribution in [3.05, 3.63) is 52.9 Å². The van der Waals surface area contributed by atoms with E-state index in [1.165, 1.54) is 11.3 Å². The number of rotatable bonds is 5. The van der Waals surface area contributed by atoms with Gasteiger partial charge < -0.3 is 14.5 Å². The average molecular weight is 510 g/mol. The molecule has 0 radical (unpaired) electrons. The van der Waals surface area contributed by atoms with Gasteiger partial charge in [0.2, 0.25) is 0 Å². The second-order valence-corrected chi connectivity index (χ2v) is 9.75. The van der Waals surface area contributed by atoms with Crippen LogP contribution >= 0.6 is 22.9 Å². The van der Waals surface area contributed by atoms with Crippen molar-refractivity contribution in [1.29, 1.82) is 0 Å². The molecule has 180 valence electrons. The Labute approximate surface area is 211 Å². The molecular formula is C24H24ClN7O2S. The van der Waals surface area contributed by atoms with Crippen molar-refractivity contribution in [3.63, 3.8) is 0 Å². The Balaban J connectivity index is 1.43. The van der Waals surface area contributed by atoms with Gasteiger partial charge in [0.05, 0.1) is 18.9 Å². The number of ether oxygens (including phenoxy) is 1. The number of nitrogens with one attached hydrogen (secondary N) is 1. The number of carbonyl (C=O) groups is 1. The van der Waals surface area contributed by atoms with Gasteiger partial charge >= 0.3 is 0 Å². The molecule has 1 fully saturated rings. The number of aromatic nitrogens is 4. The van der Waals surface area contributed by atoms with Crippen LogP contribution in [-0.2, 0) is 0 Å². The highest BCUT2D eigenvalue weighted by atomic mass is 35.5. The number of likely N-dealkylation sites (N-methyl/N-ethyl adjacent to an activating group) is 1. The van der Waals surface area contributed by atoms with E-state index >= 15 is 0 Å². The van der Waals surface area contributed by atoms with Gasteiger partial charge in [-0.3, -0.25) is 15.1 Å². The van der Waals surface area contributed by atoms with E-state index in [4.69, 9.17) is 21.3 Å². The molecule has 1 aromatic carbocycles. The lowest BCUT2D eigenvalue weighted by atomic mass is 9.99. The van der Waals surface area contributed by atoms with Crippen LogP contribution in [0.5, 0.6) is 5.75 Å². The Morgan fingerprint density at radius 2 is 1.89 bits per heavy atom. The first kappa shape index (κ1) is 23.4. The zero-order valence-corrected chi connectivity index (χ0v) is 21.2. The van der Waals surface area contributed by atoms with Crippen molar-refractivity contribution in [1.82, 2.24) is 24.8 Å². The highest BCUT2D eigenvalue weighted by Gasteiger charge is 2.20. The molecule has 0 atom stereocenters.